The van der Waals surface area contributed by atoms with Gasteiger partial charge in [-0.2, -0.15) is 23.4 Å². The number of amides is 2. The van der Waals surface area contributed by atoms with Gasteiger partial charge in [-0.15, -0.1) is 11.3 Å². The minimum atomic E-state index is -4.76. The third-order valence-electron chi connectivity index (χ3n) is 5.94. The molecule has 9 nitrogen and oxygen atoms in total. The molecule has 39 heavy (non-hydrogen) atoms. The standard InChI is InChI=1S/C25H19ClF3N7O2S/c1-3-36-10-15(11(2)35-36)14-8-18(25(27,28)29)31-24-19(14)20(21(39-24)22(30)37)32-23(38)17-9-16(33-34-17)12-4-6-13(26)7-5-12/h4-10H,3H2,1-2H3,(H2,30,37)(H,32,38)(H,33,34). The van der Waals surface area contributed by atoms with Gasteiger partial charge in [-0.1, -0.05) is 23.7 Å². The first-order chi connectivity index (χ1) is 18.5. The van der Waals surface area contributed by atoms with E-state index < -0.39 is 23.7 Å². The number of alkyl halides is 3. The zero-order valence-corrected chi connectivity index (χ0v) is 21.9. The van der Waals surface area contributed by atoms with E-state index in [4.69, 9.17) is 17.3 Å². The van der Waals surface area contributed by atoms with Crippen molar-refractivity contribution in [3.05, 3.63) is 69.6 Å². The fraction of sp³-hybridized carbons (Fsp3) is 0.160. The molecule has 0 aliphatic carbocycles. The number of H-pyrrole nitrogens is 1. The van der Waals surface area contributed by atoms with Crippen molar-refractivity contribution in [3.63, 3.8) is 0 Å². The van der Waals surface area contributed by atoms with Crippen molar-refractivity contribution in [1.82, 2.24) is 25.0 Å². The number of halogens is 4. The van der Waals surface area contributed by atoms with Crippen molar-refractivity contribution in [3.8, 4) is 22.4 Å². The number of nitrogens with zero attached hydrogens (tertiary/aromatic N) is 4. The number of rotatable bonds is 6. The molecule has 0 aliphatic heterocycles. The molecule has 5 rings (SSSR count). The van der Waals surface area contributed by atoms with E-state index in [2.05, 4.69) is 25.6 Å². The molecule has 0 saturated heterocycles. The number of carbonyl (C=O) groups is 2. The van der Waals surface area contributed by atoms with Gasteiger partial charge in [0.25, 0.3) is 11.8 Å². The topological polar surface area (TPSA) is 132 Å². The third kappa shape index (κ3) is 4.98. The minimum absolute atomic E-state index is 0.0463. The Morgan fingerprint density at radius 1 is 1.18 bits per heavy atom. The zero-order chi connectivity index (χ0) is 28.1. The molecule has 0 spiro atoms. The second-order valence-electron chi connectivity index (χ2n) is 8.52. The summed E-state index contributed by atoms with van der Waals surface area (Å²) in [6, 6.07) is 9.18. The van der Waals surface area contributed by atoms with Gasteiger partial charge in [-0.3, -0.25) is 19.4 Å². The maximum Gasteiger partial charge on any atom is 0.433 e. The van der Waals surface area contributed by atoms with Crippen LogP contribution in [0.4, 0.5) is 18.9 Å². The molecule has 0 aliphatic rings. The first kappa shape index (κ1) is 26.4. The number of hydrogen-bond acceptors (Lipinski definition) is 6. The van der Waals surface area contributed by atoms with Gasteiger partial charge < -0.3 is 11.1 Å². The van der Waals surface area contributed by atoms with Crippen molar-refractivity contribution >= 4 is 50.7 Å². The van der Waals surface area contributed by atoms with Crippen molar-refractivity contribution < 1.29 is 22.8 Å². The summed E-state index contributed by atoms with van der Waals surface area (Å²) >= 11 is 6.60. The monoisotopic (exact) mass is 573 g/mol. The predicted octanol–water partition coefficient (Wildman–Crippen LogP) is 5.90. The van der Waals surface area contributed by atoms with Gasteiger partial charge in [0, 0.05) is 34.3 Å². The molecule has 0 atom stereocenters. The maximum atomic E-state index is 13.8. The summed E-state index contributed by atoms with van der Waals surface area (Å²) in [5, 5.41) is 14.4. The lowest BCUT2D eigenvalue weighted by molar-refractivity contribution is -0.140. The highest BCUT2D eigenvalue weighted by Crippen LogP contribution is 2.44. The van der Waals surface area contributed by atoms with Crippen LogP contribution in [0, 0.1) is 6.92 Å². The quantitative estimate of drug-likeness (QED) is 0.233. The van der Waals surface area contributed by atoms with Gasteiger partial charge in [0.1, 0.15) is 21.1 Å². The third-order valence-corrected chi connectivity index (χ3v) is 7.29. The number of thiophene rings is 1. The number of aromatic nitrogens is 5. The Bertz CT molecular complexity index is 1740. The first-order valence-electron chi connectivity index (χ1n) is 11.5. The largest absolute Gasteiger partial charge is 0.433 e. The number of primary amides is 1. The van der Waals surface area contributed by atoms with E-state index in [1.54, 1.807) is 42.1 Å². The highest BCUT2D eigenvalue weighted by molar-refractivity contribution is 7.21. The van der Waals surface area contributed by atoms with Gasteiger partial charge in [0.05, 0.1) is 17.1 Å². The van der Waals surface area contributed by atoms with Crippen LogP contribution in [0.2, 0.25) is 5.02 Å². The van der Waals surface area contributed by atoms with E-state index >= 15 is 0 Å². The van der Waals surface area contributed by atoms with Gasteiger partial charge in [-0.25, -0.2) is 4.98 Å². The second kappa shape index (κ2) is 9.82. The second-order valence-corrected chi connectivity index (χ2v) is 9.95. The maximum absolute atomic E-state index is 13.8. The van der Waals surface area contributed by atoms with Crippen LogP contribution in [-0.2, 0) is 12.7 Å². The zero-order valence-electron chi connectivity index (χ0n) is 20.4. The van der Waals surface area contributed by atoms with E-state index in [9.17, 15) is 22.8 Å². The molecule has 0 radical (unpaired) electrons. The summed E-state index contributed by atoms with van der Waals surface area (Å²) < 4.78 is 42.9. The highest BCUT2D eigenvalue weighted by Gasteiger charge is 2.35. The molecule has 0 bridgehead atoms. The molecule has 5 aromatic rings. The van der Waals surface area contributed by atoms with Crippen LogP contribution < -0.4 is 11.1 Å². The van der Waals surface area contributed by atoms with Gasteiger partial charge in [0.2, 0.25) is 0 Å². The first-order valence-corrected chi connectivity index (χ1v) is 12.7. The molecule has 1 aromatic carbocycles. The Kier molecular flexibility index (Phi) is 6.64. The number of fused-ring (bicyclic) bond motifs is 1. The smallest absolute Gasteiger partial charge is 0.365 e. The Labute approximate surface area is 227 Å². The van der Waals surface area contributed by atoms with Crippen LogP contribution in [0.1, 0.15) is 38.5 Å². The average Bonchev–Trinajstić information content (AvgIpc) is 3.61. The molecule has 0 fully saturated rings. The number of nitrogens with one attached hydrogen (secondary N) is 2. The van der Waals surface area contributed by atoms with Gasteiger partial charge >= 0.3 is 6.18 Å². The van der Waals surface area contributed by atoms with E-state index in [1.165, 1.54) is 6.07 Å². The SMILES string of the molecule is CCn1cc(-c2cc(C(F)(F)F)nc3sc(C(N)=O)c(NC(=O)c4cc(-c5ccc(Cl)cc5)n[nH]4)c23)c(C)n1. The summed E-state index contributed by atoms with van der Waals surface area (Å²) in [5.74, 6) is -1.61. The fourth-order valence-electron chi connectivity index (χ4n) is 4.08. The molecular weight excluding hydrogens is 555 g/mol. The average molecular weight is 574 g/mol. The normalized spacial score (nSPS) is 11.7. The van der Waals surface area contributed by atoms with E-state index in [-0.39, 0.29) is 32.0 Å². The summed E-state index contributed by atoms with van der Waals surface area (Å²) in [6.07, 6.45) is -3.16. The fourth-order valence-corrected chi connectivity index (χ4v) is 5.21. The summed E-state index contributed by atoms with van der Waals surface area (Å²) in [5.41, 5.74) is 6.55. The number of carbonyl (C=O) groups excluding carboxylic acids is 2. The number of nitrogens with two attached hydrogens (primary N) is 1. The number of anilines is 1. The van der Waals surface area contributed by atoms with E-state index in [0.717, 1.165) is 6.07 Å². The molecule has 200 valence electrons. The molecular formula is C25H19ClF3N7O2S. The Hall–Kier alpha value is -4.23. The van der Waals surface area contributed by atoms with Crippen LogP contribution in [0.15, 0.2) is 42.6 Å². The Balaban J connectivity index is 1.65. The van der Waals surface area contributed by atoms with Crippen LogP contribution in [0.25, 0.3) is 32.6 Å². The Morgan fingerprint density at radius 2 is 1.90 bits per heavy atom. The van der Waals surface area contributed by atoms with Crippen LogP contribution >= 0.6 is 22.9 Å². The number of aromatic amines is 1. The lowest BCUT2D eigenvalue weighted by Crippen LogP contribution is -2.17. The van der Waals surface area contributed by atoms with Crippen LogP contribution in [0.5, 0.6) is 0 Å². The summed E-state index contributed by atoms with van der Waals surface area (Å²) in [4.78, 5) is 29.1. The molecule has 4 heterocycles. The highest BCUT2D eigenvalue weighted by atomic mass is 35.5. The van der Waals surface area contributed by atoms with Crippen molar-refractivity contribution in [2.45, 2.75) is 26.6 Å². The number of aryl methyl sites for hydroxylation is 2. The lowest BCUT2D eigenvalue weighted by Gasteiger charge is -2.11. The molecule has 0 unspecified atom stereocenters. The predicted molar refractivity (Wildman–Crippen MR) is 142 cm³/mol. The van der Waals surface area contributed by atoms with Crippen molar-refractivity contribution in [1.29, 1.82) is 0 Å². The lowest BCUT2D eigenvalue weighted by atomic mass is 10.0. The number of hydrogen-bond donors (Lipinski definition) is 3. The summed E-state index contributed by atoms with van der Waals surface area (Å²) in [7, 11) is 0. The number of pyridine rings is 1. The van der Waals surface area contributed by atoms with Crippen LogP contribution in [-0.4, -0.2) is 36.8 Å². The minimum Gasteiger partial charge on any atom is -0.365 e. The van der Waals surface area contributed by atoms with Gasteiger partial charge in [-0.05, 0) is 43.7 Å². The summed E-state index contributed by atoms with van der Waals surface area (Å²) in [6.45, 7) is 3.98. The molecule has 0 saturated carbocycles. The number of benzene rings is 1. The van der Waals surface area contributed by atoms with Crippen molar-refractivity contribution in [2.75, 3.05) is 5.32 Å². The molecule has 14 heteroatoms. The van der Waals surface area contributed by atoms with E-state index in [1.807, 2.05) is 6.92 Å². The van der Waals surface area contributed by atoms with E-state index in [0.29, 0.717) is 45.4 Å². The molecule has 4 aromatic heterocycles. The van der Waals surface area contributed by atoms with Crippen molar-refractivity contribution in [2.24, 2.45) is 5.73 Å². The van der Waals surface area contributed by atoms with Crippen LogP contribution in [0.3, 0.4) is 0 Å². The molecule has 4 N–H and O–H groups in total. The van der Waals surface area contributed by atoms with Gasteiger partial charge in [0.15, 0.2) is 0 Å². The Morgan fingerprint density at radius 3 is 2.51 bits per heavy atom. The molecule has 2 amide bonds.